The van der Waals surface area contributed by atoms with Crippen molar-refractivity contribution in [1.82, 2.24) is 0 Å². The van der Waals surface area contributed by atoms with E-state index < -0.39 is 11.8 Å². The molecule has 3 nitrogen and oxygen atoms in total. The van der Waals surface area contributed by atoms with Crippen LogP contribution in [-0.4, -0.2) is 11.1 Å². The minimum atomic E-state index is -1.11. The van der Waals surface area contributed by atoms with E-state index in [4.69, 9.17) is 16.7 Å². The number of hydrogen-bond donors (Lipinski definition) is 2. The van der Waals surface area contributed by atoms with Gasteiger partial charge in [0.1, 0.15) is 5.82 Å². The summed E-state index contributed by atoms with van der Waals surface area (Å²) in [5.41, 5.74) is 1.66. The highest BCUT2D eigenvalue weighted by Gasteiger charge is 2.13. The summed E-state index contributed by atoms with van der Waals surface area (Å²) in [6.45, 7) is 1.79. The van der Waals surface area contributed by atoms with Crippen LogP contribution in [0, 0.1) is 12.7 Å². The Bertz CT molecular complexity index is 691. The van der Waals surface area contributed by atoms with Crippen molar-refractivity contribution in [3.8, 4) is 0 Å². The summed E-state index contributed by atoms with van der Waals surface area (Å²) in [5, 5.41) is 12.4. The summed E-state index contributed by atoms with van der Waals surface area (Å²) in [4.78, 5) is 11.2. The molecule has 0 aliphatic heterocycles. The molecule has 104 valence electrons. The lowest BCUT2D eigenvalue weighted by Gasteiger charge is -2.13. The molecule has 2 N–H and O–H groups in total. The molecule has 0 saturated heterocycles. The molecule has 0 aromatic heterocycles. The van der Waals surface area contributed by atoms with Crippen LogP contribution in [0.2, 0.25) is 5.02 Å². The van der Waals surface area contributed by atoms with E-state index in [1.807, 2.05) is 0 Å². The van der Waals surface area contributed by atoms with Crippen LogP contribution in [0.5, 0.6) is 0 Å². The van der Waals surface area contributed by atoms with Gasteiger partial charge in [-0.25, -0.2) is 9.18 Å². The van der Waals surface area contributed by atoms with Gasteiger partial charge in [0.15, 0.2) is 0 Å². The van der Waals surface area contributed by atoms with Crippen LogP contribution in [0.1, 0.15) is 15.9 Å². The lowest BCUT2D eigenvalue weighted by molar-refractivity contribution is 0.0698. The first-order valence-electron chi connectivity index (χ1n) is 5.64. The van der Waals surface area contributed by atoms with E-state index in [0.29, 0.717) is 20.9 Å². The molecular weight excluding hydrogens is 349 g/mol. The average Bonchev–Trinajstić information content (AvgIpc) is 2.37. The Morgan fingerprint density at radius 2 is 2.00 bits per heavy atom. The second-order valence-corrected chi connectivity index (χ2v) is 5.49. The van der Waals surface area contributed by atoms with E-state index in [9.17, 15) is 9.18 Å². The van der Waals surface area contributed by atoms with Crippen LogP contribution in [0.4, 0.5) is 15.8 Å². The first kappa shape index (κ1) is 14.8. The summed E-state index contributed by atoms with van der Waals surface area (Å²) in [7, 11) is 0. The molecule has 0 unspecified atom stereocenters. The molecule has 0 saturated carbocycles. The van der Waals surface area contributed by atoms with Crippen LogP contribution in [0.15, 0.2) is 34.8 Å². The van der Waals surface area contributed by atoms with Gasteiger partial charge in [-0.3, -0.25) is 0 Å². The SMILES string of the molecule is Cc1cc(Br)c(F)cc1Nc1ccc(Cl)cc1C(=O)O. The van der Waals surface area contributed by atoms with Gasteiger partial charge >= 0.3 is 5.97 Å². The highest BCUT2D eigenvalue weighted by molar-refractivity contribution is 9.10. The number of benzene rings is 2. The smallest absolute Gasteiger partial charge is 0.337 e. The van der Waals surface area contributed by atoms with Crippen LogP contribution >= 0.6 is 27.5 Å². The Morgan fingerprint density at radius 3 is 2.65 bits per heavy atom. The highest BCUT2D eigenvalue weighted by atomic mass is 79.9. The van der Waals surface area contributed by atoms with Crippen molar-refractivity contribution in [3.05, 3.63) is 56.8 Å². The van der Waals surface area contributed by atoms with Crippen LogP contribution in [0.3, 0.4) is 0 Å². The highest BCUT2D eigenvalue weighted by Crippen LogP contribution is 2.29. The predicted octanol–water partition coefficient (Wildman–Crippen LogP) is 4.99. The standard InChI is InChI=1S/C14H10BrClFNO2/c1-7-4-10(15)11(17)6-13(7)18-12-3-2-8(16)5-9(12)14(19)20/h2-6,18H,1H3,(H,19,20). The minimum Gasteiger partial charge on any atom is -0.478 e. The number of aromatic carboxylic acids is 1. The molecular formula is C14H10BrClFNO2. The van der Waals surface area contributed by atoms with Crippen molar-refractivity contribution in [2.45, 2.75) is 6.92 Å². The fourth-order valence-corrected chi connectivity index (χ4v) is 2.36. The molecule has 0 aliphatic carbocycles. The van der Waals surface area contributed by atoms with Crippen LogP contribution in [0.25, 0.3) is 0 Å². The predicted molar refractivity (Wildman–Crippen MR) is 80.5 cm³/mol. The maximum Gasteiger partial charge on any atom is 0.337 e. The second-order valence-electron chi connectivity index (χ2n) is 4.20. The third kappa shape index (κ3) is 3.11. The van der Waals surface area contributed by atoms with Gasteiger partial charge in [-0.1, -0.05) is 11.6 Å². The van der Waals surface area contributed by atoms with E-state index in [1.165, 1.54) is 12.1 Å². The van der Waals surface area contributed by atoms with Crippen molar-refractivity contribution in [3.63, 3.8) is 0 Å². The minimum absolute atomic E-state index is 0.0280. The number of halogens is 3. The molecule has 6 heteroatoms. The monoisotopic (exact) mass is 357 g/mol. The number of anilines is 2. The Labute approximate surface area is 128 Å². The van der Waals surface area contributed by atoms with Gasteiger partial charge in [-0.2, -0.15) is 0 Å². The molecule has 0 amide bonds. The Hall–Kier alpha value is -1.59. The number of rotatable bonds is 3. The van der Waals surface area contributed by atoms with Gasteiger partial charge in [0, 0.05) is 10.7 Å². The van der Waals surface area contributed by atoms with E-state index in [1.54, 1.807) is 25.1 Å². The zero-order valence-electron chi connectivity index (χ0n) is 10.4. The first-order valence-corrected chi connectivity index (χ1v) is 6.81. The largest absolute Gasteiger partial charge is 0.478 e. The number of carbonyl (C=O) groups is 1. The maximum atomic E-state index is 13.6. The van der Waals surface area contributed by atoms with Gasteiger partial charge in [0.25, 0.3) is 0 Å². The van der Waals surface area contributed by atoms with Crippen molar-refractivity contribution in [2.24, 2.45) is 0 Å². The fraction of sp³-hybridized carbons (Fsp3) is 0.0714. The lowest BCUT2D eigenvalue weighted by atomic mass is 10.1. The van der Waals surface area contributed by atoms with Crippen LogP contribution < -0.4 is 5.32 Å². The molecule has 0 atom stereocenters. The summed E-state index contributed by atoms with van der Waals surface area (Å²) in [6.07, 6.45) is 0. The summed E-state index contributed by atoms with van der Waals surface area (Å²) >= 11 is 8.88. The topological polar surface area (TPSA) is 49.3 Å². The number of nitrogens with one attached hydrogen (secondary N) is 1. The van der Waals surface area contributed by atoms with E-state index in [-0.39, 0.29) is 5.56 Å². The Balaban J connectivity index is 2.45. The molecule has 0 aliphatic rings. The van der Waals surface area contributed by atoms with Gasteiger partial charge in [-0.15, -0.1) is 0 Å². The molecule has 0 bridgehead atoms. The number of aryl methyl sites for hydroxylation is 1. The third-order valence-corrected chi connectivity index (χ3v) is 3.59. The Morgan fingerprint density at radius 1 is 1.30 bits per heavy atom. The van der Waals surface area contributed by atoms with Crippen molar-refractivity contribution >= 4 is 44.9 Å². The normalized spacial score (nSPS) is 10.4. The molecule has 0 radical (unpaired) electrons. The quantitative estimate of drug-likeness (QED) is 0.812. The van der Waals surface area contributed by atoms with Crippen molar-refractivity contribution in [1.29, 1.82) is 0 Å². The van der Waals surface area contributed by atoms with E-state index in [0.717, 1.165) is 5.56 Å². The summed E-state index contributed by atoms with van der Waals surface area (Å²) < 4.78 is 13.9. The second kappa shape index (κ2) is 5.81. The van der Waals surface area contributed by atoms with Gasteiger partial charge < -0.3 is 10.4 Å². The van der Waals surface area contributed by atoms with E-state index >= 15 is 0 Å². The van der Waals surface area contributed by atoms with Crippen molar-refractivity contribution in [2.75, 3.05) is 5.32 Å². The van der Waals surface area contributed by atoms with Crippen molar-refractivity contribution < 1.29 is 14.3 Å². The lowest BCUT2D eigenvalue weighted by Crippen LogP contribution is -2.03. The van der Waals surface area contributed by atoms with Gasteiger partial charge in [0.2, 0.25) is 0 Å². The summed E-state index contributed by atoms with van der Waals surface area (Å²) in [5.74, 6) is -1.53. The number of carboxylic acids is 1. The summed E-state index contributed by atoms with van der Waals surface area (Å²) in [6, 6.07) is 7.39. The molecule has 0 spiro atoms. The first-order chi connectivity index (χ1) is 9.38. The third-order valence-electron chi connectivity index (χ3n) is 2.75. The van der Waals surface area contributed by atoms with Gasteiger partial charge in [0.05, 0.1) is 15.7 Å². The fourth-order valence-electron chi connectivity index (χ4n) is 1.73. The zero-order chi connectivity index (χ0) is 14.9. The number of hydrogen-bond acceptors (Lipinski definition) is 2. The average molecular weight is 359 g/mol. The molecule has 20 heavy (non-hydrogen) atoms. The zero-order valence-corrected chi connectivity index (χ0v) is 12.7. The molecule has 2 aromatic carbocycles. The Kier molecular flexibility index (Phi) is 4.30. The molecule has 2 aromatic rings. The van der Waals surface area contributed by atoms with E-state index in [2.05, 4.69) is 21.2 Å². The molecule has 0 heterocycles. The van der Waals surface area contributed by atoms with Crippen LogP contribution in [-0.2, 0) is 0 Å². The number of carboxylic acid groups (broad SMARTS) is 1. The van der Waals surface area contributed by atoms with Gasteiger partial charge in [-0.05, 0) is 58.7 Å². The molecule has 2 rings (SSSR count). The molecule has 0 fully saturated rings. The maximum absolute atomic E-state index is 13.6.